The Hall–Kier alpha value is -1.81. The number of rotatable bonds is 3. The Morgan fingerprint density at radius 1 is 1.40 bits per heavy atom. The van der Waals surface area contributed by atoms with Gasteiger partial charge < -0.3 is 15.4 Å². The topological polar surface area (TPSA) is 64.1 Å². The number of phenolic OH excluding ortho intramolecular Hbond substituents is 1. The molecular formula is C11H13N3O. The van der Waals surface area contributed by atoms with E-state index in [0.29, 0.717) is 6.54 Å². The number of phenols is 1. The molecule has 0 unspecified atom stereocenters. The van der Waals surface area contributed by atoms with E-state index < -0.39 is 0 Å². The third kappa shape index (κ3) is 1.99. The number of benzene rings is 1. The molecule has 0 saturated heterocycles. The Morgan fingerprint density at radius 3 is 3.00 bits per heavy atom. The lowest BCUT2D eigenvalue weighted by Crippen LogP contribution is -2.09. The summed E-state index contributed by atoms with van der Waals surface area (Å²) in [4.78, 5) is 4.07. The number of nitrogens with zero attached hydrogens (tertiary/aromatic N) is 2. The molecule has 0 spiro atoms. The van der Waals surface area contributed by atoms with Crippen molar-refractivity contribution in [1.82, 2.24) is 9.55 Å². The lowest BCUT2D eigenvalue weighted by molar-refractivity contribution is 0.475. The van der Waals surface area contributed by atoms with Crippen LogP contribution in [0.3, 0.4) is 0 Å². The average Bonchev–Trinajstić information content (AvgIpc) is 2.66. The molecule has 0 atom stereocenters. The van der Waals surface area contributed by atoms with Crippen LogP contribution in [-0.2, 0) is 6.54 Å². The molecule has 0 aliphatic heterocycles. The summed E-state index contributed by atoms with van der Waals surface area (Å²) in [5.41, 5.74) is 7.41. The SMILES string of the molecule is NCCn1cncc1-c1cccc(O)c1. The molecule has 4 nitrogen and oxygen atoms in total. The maximum atomic E-state index is 9.38. The quantitative estimate of drug-likeness (QED) is 0.788. The van der Waals surface area contributed by atoms with Gasteiger partial charge in [-0.2, -0.15) is 0 Å². The molecule has 78 valence electrons. The molecule has 0 aliphatic carbocycles. The molecule has 1 heterocycles. The van der Waals surface area contributed by atoms with Crippen molar-refractivity contribution in [3.63, 3.8) is 0 Å². The first kappa shape index (κ1) is 9.73. The van der Waals surface area contributed by atoms with Crippen LogP contribution < -0.4 is 5.73 Å². The number of aromatic nitrogens is 2. The standard InChI is InChI=1S/C11H13N3O/c12-4-5-14-8-13-7-11(14)9-2-1-3-10(15)6-9/h1-3,6-8,15H,4-5,12H2. The zero-order chi connectivity index (χ0) is 10.7. The Bertz CT molecular complexity index is 451. The molecule has 2 aromatic rings. The minimum atomic E-state index is 0.257. The number of nitrogens with two attached hydrogens (primary N) is 1. The van der Waals surface area contributed by atoms with Gasteiger partial charge in [-0.15, -0.1) is 0 Å². The van der Waals surface area contributed by atoms with Gasteiger partial charge in [0.25, 0.3) is 0 Å². The molecule has 0 aliphatic rings. The number of hydrogen-bond donors (Lipinski definition) is 2. The van der Waals surface area contributed by atoms with Gasteiger partial charge in [-0.1, -0.05) is 12.1 Å². The molecule has 0 saturated carbocycles. The normalized spacial score (nSPS) is 10.5. The van der Waals surface area contributed by atoms with E-state index in [1.807, 2.05) is 16.7 Å². The highest BCUT2D eigenvalue weighted by molar-refractivity contribution is 5.60. The van der Waals surface area contributed by atoms with E-state index in [1.54, 1.807) is 24.7 Å². The van der Waals surface area contributed by atoms with E-state index in [9.17, 15) is 5.11 Å². The molecule has 0 amide bonds. The van der Waals surface area contributed by atoms with Gasteiger partial charge in [0.1, 0.15) is 5.75 Å². The van der Waals surface area contributed by atoms with Gasteiger partial charge in [0.2, 0.25) is 0 Å². The summed E-state index contributed by atoms with van der Waals surface area (Å²) in [5, 5.41) is 9.38. The van der Waals surface area contributed by atoms with Gasteiger partial charge in [-0.3, -0.25) is 0 Å². The Kier molecular flexibility index (Phi) is 2.69. The average molecular weight is 203 g/mol. The Balaban J connectivity index is 2.40. The van der Waals surface area contributed by atoms with Gasteiger partial charge in [-0.25, -0.2) is 4.98 Å². The second kappa shape index (κ2) is 4.14. The van der Waals surface area contributed by atoms with Gasteiger partial charge in [0, 0.05) is 18.7 Å². The highest BCUT2D eigenvalue weighted by atomic mass is 16.3. The first-order valence-corrected chi connectivity index (χ1v) is 4.81. The maximum Gasteiger partial charge on any atom is 0.116 e. The van der Waals surface area contributed by atoms with Crippen molar-refractivity contribution in [3.05, 3.63) is 36.8 Å². The summed E-state index contributed by atoms with van der Waals surface area (Å²) in [5.74, 6) is 0.257. The molecule has 1 aromatic carbocycles. The van der Waals surface area contributed by atoms with E-state index in [1.165, 1.54) is 0 Å². The Labute approximate surface area is 88.0 Å². The summed E-state index contributed by atoms with van der Waals surface area (Å²) < 4.78 is 1.97. The zero-order valence-electron chi connectivity index (χ0n) is 8.30. The summed E-state index contributed by atoms with van der Waals surface area (Å²) in [6.45, 7) is 1.30. The molecule has 15 heavy (non-hydrogen) atoms. The highest BCUT2D eigenvalue weighted by Crippen LogP contribution is 2.22. The van der Waals surface area contributed by atoms with Gasteiger partial charge in [-0.05, 0) is 12.1 Å². The van der Waals surface area contributed by atoms with Crippen molar-refractivity contribution >= 4 is 0 Å². The summed E-state index contributed by atoms with van der Waals surface area (Å²) in [7, 11) is 0. The minimum Gasteiger partial charge on any atom is -0.508 e. The van der Waals surface area contributed by atoms with Crippen molar-refractivity contribution in [3.8, 4) is 17.0 Å². The predicted octanol–water partition coefficient (Wildman–Crippen LogP) is 1.21. The van der Waals surface area contributed by atoms with Crippen molar-refractivity contribution in [2.45, 2.75) is 6.54 Å². The van der Waals surface area contributed by atoms with Crippen LogP contribution in [0.2, 0.25) is 0 Å². The molecule has 0 fully saturated rings. The van der Waals surface area contributed by atoms with Gasteiger partial charge in [0.05, 0.1) is 18.2 Å². The first-order valence-electron chi connectivity index (χ1n) is 4.81. The third-order valence-corrected chi connectivity index (χ3v) is 2.22. The van der Waals surface area contributed by atoms with Crippen molar-refractivity contribution < 1.29 is 5.11 Å². The largest absolute Gasteiger partial charge is 0.508 e. The fraction of sp³-hybridized carbons (Fsp3) is 0.182. The van der Waals surface area contributed by atoms with Crippen LogP contribution in [0.5, 0.6) is 5.75 Å². The third-order valence-electron chi connectivity index (χ3n) is 2.22. The van der Waals surface area contributed by atoms with Crippen LogP contribution in [0.15, 0.2) is 36.8 Å². The van der Waals surface area contributed by atoms with Crippen LogP contribution in [0.4, 0.5) is 0 Å². The van der Waals surface area contributed by atoms with Crippen LogP contribution in [0.1, 0.15) is 0 Å². The fourth-order valence-corrected chi connectivity index (χ4v) is 1.54. The van der Waals surface area contributed by atoms with E-state index in [4.69, 9.17) is 5.73 Å². The summed E-state index contributed by atoms with van der Waals surface area (Å²) in [6, 6.07) is 7.10. The molecular weight excluding hydrogens is 190 g/mol. The molecule has 0 radical (unpaired) electrons. The number of imidazole rings is 1. The number of hydrogen-bond acceptors (Lipinski definition) is 3. The second-order valence-corrected chi connectivity index (χ2v) is 3.31. The smallest absolute Gasteiger partial charge is 0.116 e. The van der Waals surface area contributed by atoms with Crippen molar-refractivity contribution in [2.24, 2.45) is 5.73 Å². The number of aromatic hydroxyl groups is 1. The molecule has 3 N–H and O–H groups in total. The lowest BCUT2D eigenvalue weighted by atomic mass is 10.1. The van der Waals surface area contributed by atoms with E-state index in [0.717, 1.165) is 17.8 Å². The molecule has 1 aromatic heterocycles. The fourth-order valence-electron chi connectivity index (χ4n) is 1.54. The summed E-state index contributed by atoms with van der Waals surface area (Å²) in [6.07, 6.45) is 3.51. The van der Waals surface area contributed by atoms with Crippen LogP contribution in [-0.4, -0.2) is 21.2 Å². The van der Waals surface area contributed by atoms with E-state index in [2.05, 4.69) is 4.98 Å². The Morgan fingerprint density at radius 2 is 2.27 bits per heavy atom. The van der Waals surface area contributed by atoms with E-state index >= 15 is 0 Å². The molecule has 2 rings (SSSR count). The van der Waals surface area contributed by atoms with E-state index in [-0.39, 0.29) is 5.75 Å². The highest BCUT2D eigenvalue weighted by Gasteiger charge is 2.04. The minimum absolute atomic E-state index is 0.257. The molecule has 4 heteroatoms. The second-order valence-electron chi connectivity index (χ2n) is 3.31. The van der Waals surface area contributed by atoms with Crippen molar-refractivity contribution in [2.75, 3.05) is 6.54 Å². The summed E-state index contributed by atoms with van der Waals surface area (Å²) >= 11 is 0. The van der Waals surface area contributed by atoms with Crippen LogP contribution in [0, 0.1) is 0 Å². The first-order chi connectivity index (χ1) is 7.31. The predicted molar refractivity (Wildman–Crippen MR) is 58.4 cm³/mol. The van der Waals surface area contributed by atoms with Gasteiger partial charge >= 0.3 is 0 Å². The van der Waals surface area contributed by atoms with Gasteiger partial charge in [0.15, 0.2) is 0 Å². The van der Waals surface area contributed by atoms with Crippen LogP contribution in [0.25, 0.3) is 11.3 Å². The van der Waals surface area contributed by atoms with Crippen LogP contribution >= 0.6 is 0 Å². The zero-order valence-corrected chi connectivity index (χ0v) is 8.30. The monoisotopic (exact) mass is 203 g/mol. The molecule has 0 bridgehead atoms. The van der Waals surface area contributed by atoms with Crippen molar-refractivity contribution in [1.29, 1.82) is 0 Å². The lowest BCUT2D eigenvalue weighted by Gasteiger charge is -2.06. The maximum absolute atomic E-state index is 9.38.